The first-order valence-corrected chi connectivity index (χ1v) is 5.72. The maximum absolute atomic E-state index is 11.0. The summed E-state index contributed by atoms with van der Waals surface area (Å²) >= 11 is 0. The highest BCUT2D eigenvalue weighted by molar-refractivity contribution is 5.83. The summed E-state index contributed by atoms with van der Waals surface area (Å²) in [5.74, 6) is 0.0615. The highest BCUT2D eigenvalue weighted by Gasteiger charge is 2.19. The van der Waals surface area contributed by atoms with E-state index in [1.165, 1.54) is 18.3 Å². The molecule has 9 nitrogen and oxygen atoms in total. The van der Waals surface area contributed by atoms with E-state index in [0.29, 0.717) is 10.9 Å². The summed E-state index contributed by atoms with van der Waals surface area (Å²) in [5.41, 5.74) is 0.407. The van der Waals surface area contributed by atoms with Crippen LogP contribution in [0.2, 0.25) is 0 Å². The lowest BCUT2D eigenvalue weighted by Crippen LogP contribution is -2.32. The molecule has 0 radical (unpaired) electrons. The van der Waals surface area contributed by atoms with Crippen LogP contribution in [0.1, 0.15) is 6.92 Å². The van der Waals surface area contributed by atoms with Crippen LogP contribution in [-0.2, 0) is 0 Å². The minimum atomic E-state index is -1.18. The van der Waals surface area contributed by atoms with Crippen molar-refractivity contribution in [3.05, 3.63) is 28.4 Å². The molecule has 0 aliphatic heterocycles. The lowest BCUT2D eigenvalue weighted by molar-refractivity contribution is -0.385. The molecule has 1 amide bonds. The Labute approximate surface area is 112 Å². The van der Waals surface area contributed by atoms with Crippen molar-refractivity contribution < 1.29 is 19.6 Å². The second kappa shape index (κ2) is 5.43. The molecule has 0 spiro atoms. The molecule has 0 fully saturated rings. The zero-order valence-electron chi connectivity index (χ0n) is 10.5. The number of ether oxygens (including phenoxy) is 1. The zero-order chi connectivity index (χ0) is 14.7. The molecule has 106 valence electrons. The number of carbonyl (C=O) groups is 1. The van der Waals surface area contributed by atoms with Crippen LogP contribution < -0.4 is 10.1 Å². The quantitative estimate of drug-likeness (QED) is 0.562. The van der Waals surface area contributed by atoms with E-state index in [9.17, 15) is 14.9 Å². The van der Waals surface area contributed by atoms with Crippen molar-refractivity contribution in [1.29, 1.82) is 0 Å². The molecule has 3 N–H and O–H groups in total. The normalized spacial score (nSPS) is 12.1. The molecule has 1 heterocycles. The number of carboxylic acid groups (broad SMARTS) is 1. The van der Waals surface area contributed by atoms with Gasteiger partial charge >= 0.3 is 11.8 Å². The predicted molar refractivity (Wildman–Crippen MR) is 68.9 cm³/mol. The molecule has 1 atom stereocenters. The van der Waals surface area contributed by atoms with Gasteiger partial charge in [0.2, 0.25) is 0 Å². The van der Waals surface area contributed by atoms with Crippen molar-refractivity contribution >= 4 is 22.7 Å². The number of nitrogens with zero attached hydrogens (tertiary/aromatic N) is 2. The molecule has 2 rings (SSSR count). The van der Waals surface area contributed by atoms with Crippen molar-refractivity contribution in [2.75, 3.05) is 6.54 Å². The van der Waals surface area contributed by atoms with Gasteiger partial charge in [-0.2, -0.15) is 5.10 Å². The molecule has 0 aliphatic carbocycles. The third-order valence-electron chi connectivity index (χ3n) is 2.59. The second-order valence-electron chi connectivity index (χ2n) is 4.15. The van der Waals surface area contributed by atoms with Gasteiger partial charge in [0.25, 0.3) is 0 Å². The Kier molecular flexibility index (Phi) is 3.69. The zero-order valence-corrected chi connectivity index (χ0v) is 10.5. The maximum atomic E-state index is 11.0. The minimum absolute atomic E-state index is 0.0213. The first-order chi connectivity index (χ1) is 9.47. The molecule has 20 heavy (non-hydrogen) atoms. The fraction of sp³-hybridized carbons (Fsp3) is 0.273. The topological polar surface area (TPSA) is 130 Å². The number of aromatic nitrogens is 2. The Morgan fingerprint density at radius 3 is 3.05 bits per heavy atom. The van der Waals surface area contributed by atoms with Gasteiger partial charge in [-0.1, -0.05) is 0 Å². The lowest BCUT2D eigenvalue weighted by Gasteiger charge is -2.14. The summed E-state index contributed by atoms with van der Waals surface area (Å²) in [6.45, 7) is 1.63. The van der Waals surface area contributed by atoms with E-state index in [4.69, 9.17) is 9.84 Å². The monoisotopic (exact) mass is 280 g/mol. The van der Waals surface area contributed by atoms with E-state index < -0.39 is 17.1 Å². The number of aromatic amines is 1. The molecule has 0 aliphatic rings. The standard InChI is InChI=1S/C11H12N4O5/c1-6(4-12-11(16)17)20-10-3-8-7(5-13-14-8)2-9(10)15(18)19/h2-3,5-6,12H,4H2,1H3,(H,13,14)(H,16,17)/t6-/m1/s1. The van der Waals surface area contributed by atoms with E-state index >= 15 is 0 Å². The molecule has 1 aromatic carbocycles. The minimum Gasteiger partial charge on any atom is -0.482 e. The molecule has 0 unspecified atom stereocenters. The number of benzene rings is 1. The SMILES string of the molecule is C[C@H](CNC(=O)O)Oc1cc2[nH]ncc2cc1[N+](=O)[O-]. The van der Waals surface area contributed by atoms with Gasteiger partial charge in [-0.3, -0.25) is 15.2 Å². The molecule has 0 bridgehead atoms. The predicted octanol–water partition coefficient (Wildman–Crippen LogP) is 1.51. The van der Waals surface area contributed by atoms with Crippen LogP contribution in [-0.4, -0.2) is 39.0 Å². The van der Waals surface area contributed by atoms with Gasteiger partial charge in [0.1, 0.15) is 6.10 Å². The summed E-state index contributed by atoms with van der Waals surface area (Å²) in [4.78, 5) is 20.8. The van der Waals surface area contributed by atoms with E-state index in [2.05, 4.69) is 15.5 Å². The van der Waals surface area contributed by atoms with E-state index in [0.717, 1.165) is 0 Å². The molecular formula is C11H12N4O5. The Morgan fingerprint density at radius 1 is 1.65 bits per heavy atom. The number of fused-ring (bicyclic) bond motifs is 1. The lowest BCUT2D eigenvalue weighted by atomic mass is 10.2. The van der Waals surface area contributed by atoms with Gasteiger partial charge in [0.15, 0.2) is 5.75 Å². The molecule has 1 aromatic heterocycles. The van der Waals surface area contributed by atoms with Gasteiger partial charge < -0.3 is 15.2 Å². The highest BCUT2D eigenvalue weighted by atomic mass is 16.6. The van der Waals surface area contributed by atoms with E-state index in [1.54, 1.807) is 6.92 Å². The second-order valence-corrected chi connectivity index (χ2v) is 4.15. The van der Waals surface area contributed by atoms with Crippen LogP contribution in [0.4, 0.5) is 10.5 Å². The fourth-order valence-corrected chi connectivity index (χ4v) is 1.69. The number of nitro benzene ring substituents is 1. The number of H-pyrrole nitrogens is 1. The molecule has 0 saturated carbocycles. The van der Waals surface area contributed by atoms with Crippen LogP contribution in [0, 0.1) is 10.1 Å². The number of amides is 1. The number of hydrogen-bond acceptors (Lipinski definition) is 5. The van der Waals surface area contributed by atoms with Crippen LogP contribution in [0.15, 0.2) is 18.3 Å². The van der Waals surface area contributed by atoms with Gasteiger partial charge in [0.05, 0.1) is 23.2 Å². The summed E-state index contributed by atoms with van der Waals surface area (Å²) in [6.07, 6.45) is -0.259. The highest BCUT2D eigenvalue weighted by Crippen LogP contribution is 2.31. The van der Waals surface area contributed by atoms with Crippen molar-refractivity contribution in [3.8, 4) is 5.75 Å². The Morgan fingerprint density at radius 2 is 2.40 bits per heavy atom. The van der Waals surface area contributed by atoms with Crippen molar-refractivity contribution in [2.24, 2.45) is 0 Å². The van der Waals surface area contributed by atoms with Gasteiger partial charge in [0, 0.05) is 17.5 Å². The molecule has 9 heteroatoms. The van der Waals surface area contributed by atoms with Crippen LogP contribution >= 0.6 is 0 Å². The third kappa shape index (κ3) is 2.94. The smallest absolute Gasteiger partial charge is 0.404 e. The largest absolute Gasteiger partial charge is 0.482 e. The molecule has 0 saturated heterocycles. The average molecular weight is 280 g/mol. The molecular weight excluding hydrogens is 268 g/mol. The summed E-state index contributed by atoms with van der Waals surface area (Å²) < 4.78 is 5.42. The summed E-state index contributed by atoms with van der Waals surface area (Å²) in [7, 11) is 0. The van der Waals surface area contributed by atoms with Crippen LogP contribution in [0.25, 0.3) is 10.9 Å². The number of rotatable bonds is 5. The van der Waals surface area contributed by atoms with Gasteiger partial charge in [-0.25, -0.2) is 4.79 Å². The van der Waals surface area contributed by atoms with Crippen LogP contribution in [0.3, 0.4) is 0 Å². The number of nitrogens with one attached hydrogen (secondary N) is 2. The van der Waals surface area contributed by atoms with Gasteiger partial charge in [-0.05, 0) is 6.92 Å². The Hall–Kier alpha value is -2.84. The van der Waals surface area contributed by atoms with Crippen molar-refractivity contribution in [3.63, 3.8) is 0 Å². The Bertz CT molecular complexity index is 653. The van der Waals surface area contributed by atoms with Crippen molar-refractivity contribution in [1.82, 2.24) is 15.5 Å². The summed E-state index contributed by atoms with van der Waals surface area (Å²) in [6, 6.07) is 2.82. The average Bonchev–Trinajstić information content (AvgIpc) is 2.82. The summed E-state index contributed by atoms with van der Waals surface area (Å²) in [5, 5.41) is 28.7. The van der Waals surface area contributed by atoms with Crippen LogP contribution in [0.5, 0.6) is 5.75 Å². The third-order valence-corrected chi connectivity index (χ3v) is 2.59. The van der Waals surface area contributed by atoms with E-state index in [-0.39, 0.29) is 18.0 Å². The first-order valence-electron chi connectivity index (χ1n) is 5.72. The first kappa shape index (κ1) is 13.6. The van der Waals surface area contributed by atoms with E-state index in [1.807, 2.05) is 0 Å². The number of hydrogen-bond donors (Lipinski definition) is 3. The maximum Gasteiger partial charge on any atom is 0.404 e. The molecule has 2 aromatic rings. The Balaban J connectivity index is 2.24. The van der Waals surface area contributed by atoms with Gasteiger partial charge in [-0.15, -0.1) is 0 Å². The van der Waals surface area contributed by atoms with Crippen molar-refractivity contribution in [2.45, 2.75) is 13.0 Å². The fourth-order valence-electron chi connectivity index (χ4n) is 1.69. The number of nitro groups is 1.